The van der Waals surface area contributed by atoms with Gasteiger partial charge in [0.1, 0.15) is 0 Å². The molecule has 0 amide bonds. The SMILES string of the molecule is O=C(CC1CCNCC1)c1ccc2c(c1)CCC(Cc1ccccc1)CN2. The van der Waals surface area contributed by atoms with Gasteiger partial charge in [0.25, 0.3) is 0 Å². The van der Waals surface area contributed by atoms with Gasteiger partial charge in [-0.05, 0) is 86.4 Å². The zero-order valence-electron chi connectivity index (χ0n) is 16.0. The summed E-state index contributed by atoms with van der Waals surface area (Å²) in [5.41, 5.74) is 4.83. The number of ketones is 1. The molecule has 2 aliphatic rings. The van der Waals surface area contributed by atoms with Crippen molar-refractivity contribution in [1.82, 2.24) is 5.32 Å². The second-order valence-corrected chi connectivity index (χ2v) is 8.17. The molecule has 2 N–H and O–H groups in total. The summed E-state index contributed by atoms with van der Waals surface area (Å²) in [5.74, 6) is 1.49. The van der Waals surface area contributed by atoms with Gasteiger partial charge in [0.2, 0.25) is 0 Å². The molecular weight excluding hydrogens is 332 g/mol. The second-order valence-electron chi connectivity index (χ2n) is 8.17. The molecule has 0 radical (unpaired) electrons. The average molecular weight is 363 g/mol. The molecular formula is C24H30N2O. The van der Waals surface area contributed by atoms with Crippen LogP contribution in [0.3, 0.4) is 0 Å². The normalized spacial score (nSPS) is 20.4. The molecule has 2 aromatic rings. The molecule has 0 saturated carbocycles. The molecule has 0 aliphatic carbocycles. The summed E-state index contributed by atoms with van der Waals surface area (Å²) in [6, 6.07) is 17.0. The van der Waals surface area contributed by atoms with Gasteiger partial charge in [-0.25, -0.2) is 0 Å². The summed E-state index contributed by atoms with van der Waals surface area (Å²) < 4.78 is 0. The smallest absolute Gasteiger partial charge is 0.163 e. The van der Waals surface area contributed by atoms with Crippen LogP contribution in [0.5, 0.6) is 0 Å². The Bertz CT molecular complexity index is 765. The number of carbonyl (C=O) groups excluding carboxylic acids is 1. The van der Waals surface area contributed by atoms with E-state index in [1.54, 1.807) is 0 Å². The standard InChI is InChI=1S/C24H30N2O/c27-24(15-19-10-12-25-13-11-19)22-8-9-23-21(16-22)7-6-20(17-26-23)14-18-4-2-1-3-5-18/h1-5,8-9,16,19-20,25-26H,6-7,10-15,17H2. The van der Waals surface area contributed by atoms with E-state index in [-0.39, 0.29) is 0 Å². The van der Waals surface area contributed by atoms with Crippen LogP contribution in [0.15, 0.2) is 48.5 Å². The first-order chi connectivity index (χ1) is 13.3. The number of rotatable bonds is 5. The third kappa shape index (κ3) is 4.78. The number of piperidine rings is 1. The molecule has 1 atom stereocenters. The summed E-state index contributed by atoms with van der Waals surface area (Å²) in [6.45, 7) is 3.11. The van der Waals surface area contributed by atoms with E-state index in [0.717, 1.165) is 50.9 Å². The lowest BCUT2D eigenvalue weighted by molar-refractivity contribution is 0.0952. The Balaban J connectivity index is 1.39. The zero-order chi connectivity index (χ0) is 18.5. The van der Waals surface area contributed by atoms with Gasteiger partial charge in [-0.2, -0.15) is 0 Å². The minimum atomic E-state index is 0.315. The summed E-state index contributed by atoms with van der Waals surface area (Å²) in [5, 5.41) is 7.00. The Kier molecular flexibility index (Phi) is 5.88. The third-order valence-corrected chi connectivity index (χ3v) is 6.13. The lowest BCUT2D eigenvalue weighted by atomic mass is 9.89. The number of carbonyl (C=O) groups is 1. The van der Waals surface area contributed by atoms with Crippen molar-refractivity contribution in [3.8, 4) is 0 Å². The summed E-state index contributed by atoms with van der Waals surface area (Å²) >= 11 is 0. The first kappa shape index (κ1) is 18.2. The van der Waals surface area contributed by atoms with Gasteiger partial charge in [0.15, 0.2) is 5.78 Å². The first-order valence-corrected chi connectivity index (χ1v) is 10.4. The maximum atomic E-state index is 12.7. The number of fused-ring (bicyclic) bond motifs is 1. The number of nitrogens with one attached hydrogen (secondary N) is 2. The van der Waals surface area contributed by atoms with Crippen molar-refractivity contribution in [3.05, 3.63) is 65.2 Å². The number of benzene rings is 2. The molecule has 2 heterocycles. The molecule has 2 aromatic carbocycles. The van der Waals surface area contributed by atoms with Crippen molar-refractivity contribution in [2.45, 2.75) is 38.5 Å². The molecule has 0 bridgehead atoms. The van der Waals surface area contributed by atoms with Crippen molar-refractivity contribution in [2.75, 3.05) is 25.0 Å². The van der Waals surface area contributed by atoms with E-state index in [1.165, 1.54) is 23.2 Å². The molecule has 0 spiro atoms. The highest BCUT2D eigenvalue weighted by atomic mass is 16.1. The van der Waals surface area contributed by atoms with Gasteiger partial charge < -0.3 is 10.6 Å². The lowest BCUT2D eigenvalue weighted by Crippen LogP contribution is -2.28. The van der Waals surface area contributed by atoms with Crippen LogP contribution in [-0.2, 0) is 12.8 Å². The molecule has 2 aliphatic heterocycles. The highest BCUT2D eigenvalue weighted by Gasteiger charge is 2.20. The van der Waals surface area contributed by atoms with Gasteiger partial charge in [-0.3, -0.25) is 4.79 Å². The molecule has 1 fully saturated rings. The molecule has 3 nitrogen and oxygen atoms in total. The van der Waals surface area contributed by atoms with Crippen LogP contribution in [0.25, 0.3) is 0 Å². The van der Waals surface area contributed by atoms with E-state index in [1.807, 2.05) is 6.07 Å². The minimum Gasteiger partial charge on any atom is -0.385 e. The van der Waals surface area contributed by atoms with Crippen LogP contribution in [0.2, 0.25) is 0 Å². The predicted octanol–water partition coefficient (Wildman–Crippen LogP) is 4.48. The molecule has 27 heavy (non-hydrogen) atoms. The van der Waals surface area contributed by atoms with E-state index in [0.29, 0.717) is 24.0 Å². The minimum absolute atomic E-state index is 0.315. The molecule has 0 aromatic heterocycles. The molecule has 1 saturated heterocycles. The van der Waals surface area contributed by atoms with Crippen molar-refractivity contribution >= 4 is 11.5 Å². The number of anilines is 1. The largest absolute Gasteiger partial charge is 0.385 e. The Morgan fingerprint density at radius 2 is 1.78 bits per heavy atom. The van der Waals surface area contributed by atoms with Crippen LogP contribution in [0.1, 0.15) is 47.2 Å². The van der Waals surface area contributed by atoms with Gasteiger partial charge in [-0.15, -0.1) is 0 Å². The highest BCUT2D eigenvalue weighted by Crippen LogP contribution is 2.28. The zero-order valence-corrected chi connectivity index (χ0v) is 16.0. The van der Waals surface area contributed by atoms with Gasteiger partial charge in [-0.1, -0.05) is 30.3 Å². The number of aryl methyl sites for hydroxylation is 1. The van der Waals surface area contributed by atoms with Crippen LogP contribution < -0.4 is 10.6 Å². The summed E-state index contributed by atoms with van der Waals surface area (Å²) in [7, 11) is 0. The monoisotopic (exact) mass is 362 g/mol. The highest BCUT2D eigenvalue weighted by molar-refractivity contribution is 5.96. The van der Waals surface area contributed by atoms with Gasteiger partial charge in [0.05, 0.1) is 0 Å². The third-order valence-electron chi connectivity index (χ3n) is 6.13. The quantitative estimate of drug-likeness (QED) is 0.771. The maximum Gasteiger partial charge on any atom is 0.163 e. The van der Waals surface area contributed by atoms with Gasteiger partial charge >= 0.3 is 0 Å². The first-order valence-electron chi connectivity index (χ1n) is 10.4. The Morgan fingerprint density at radius 3 is 2.59 bits per heavy atom. The molecule has 4 rings (SSSR count). The topological polar surface area (TPSA) is 41.1 Å². The van der Waals surface area contributed by atoms with Crippen molar-refractivity contribution in [2.24, 2.45) is 11.8 Å². The number of hydrogen-bond acceptors (Lipinski definition) is 3. The second kappa shape index (κ2) is 8.71. The molecule has 142 valence electrons. The van der Waals surface area contributed by atoms with Crippen molar-refractivity contribution in [1.29, 1.82) is 0 Å². The van der Waals surface area contributed by atoms with E-state index in [4.69, 9.17) is 0 Å². The van der Waals surface area contributed by atoms with Crippen LogP contribution >= 0.6 is 0 Å². The fourth-order valence-electron chi connectivity index (χ4n) is 4.45. The molecule has 1 unspecified atom stereocenters. The maximum absolute atomic E-state index is 12.7. The summed E-state index contributed by atoms with van der Waals surface area (Å²) in [4.78, 5) is 12.7. The molecule has 3 heteroatoms. The Morgan fingerprint density at radius 1 is 0.963 bits per heavy atom. The van der Waals surface area contributed by atoms with Crippen molar-refractivity contribution < 1.29 is 4.79 Å². The van der Waals surface area contributed by atoms with Crippen LogP contribution in [0.4, 0.5) is 5.69 Å². The fraction of sp³-hybridized carbons (Fsp3) is 0.458. The Labute approximate surface area is 162 Å². The van der Waals surface area contributed by atoms with E-state index < -0.39 is 0 Å². The van der Waals surface area contributed by atoms with Gasteiger partial charge in [0, 0.05) is 24.2 Å². The summed E-state index contributed by atoms with van der Waals surface area (Å²) in [6.07, 6.45) is 6.28. The van der Waals surface area contributed by atoms with Crippen LogP contribution in [0, 0.1) is 11.8 Å². The van der Waals surface area contributed by atoms with Crippen molar-refractivity contribution in [3.63, 3.8) is 0 Å². The van der Waals surface area contributed by atoms with E-state index in [9.17, 15) is 4.79 Å². The van der Waals surface area contributed by atoms with Crippen LogP contribution in [-0.4, -0.2) is 25.4 Å². The van der Waals surface area contributed by atoms with E-state index >= 15 is 0 Å². The van der Waals surface area contributed by atoms with E-state index in [2.05, 4.69) is 53.1 Å². The lowest BCUT2D eigenvalue weighted by Gasteiger charge is -2.22. The predicted molar refractivity (Wildman–Crippen MR) is 111 cm³/mol. The average Bonchev–Trinajstić information content (AvgIpc) is 2.91. The number of hydrogen-bond donors (Lipinski definition) is 2. The number of Topliss-reactive ketones (excluding diaryl/α,β-unsaturated/α-hetero) is 1. The fourth-order valence-corrected chi connectivity index (χ4v) is 4.45. The Hall–Kier alpha value is -2.13.